The Kier molecular flexibility index (Phi) is 7.15. The van der Waals surface area contributed by atoms with E-state index >= 15 is 0 Å². The molecule has 1 rings (SSSR count). The van der Waals surface area contributed by atoms with Gasteiger partial charge in [0.05, 0.1) is 19.1 Å². The number of nitrogens with one attached hydrogen (secondary N) is 2. The molecule has 0 aromatic heterocycles. The summed E-state index contributed by atoms with van der Waals surface area (Å²) >= 11 is 0. The van der Waals surface area contributed by atoms with Crippen molar-refractivity contribution in [3.8, 4) is 0 Å². The van der Waals surface area contributed by atoms with E-state index in [1.54, 1.807) is 0 Å². The second-order valence-electron chi connectivity index (χ2n) is 4.05. The van der Waals surface area contributed by atoms with Gasteiger partial charge in [-0.1, -0.05) is 6.92 Å². The smallest absolute Gasteiger partial charge is 0.307 e. The summed E-state index contributed by atoms with van der Waals surface area (Å²) in [4.78, 5) is 22.8. The van der Waals surface area contributed by atoms with Crippen LogP contribution < -0.4 is 10.6 Å². The molecule has 100 valence electrons. The quantitative estimate of drug-likeness (QED) is 0.715. The molecule has 5 nitrogen and oxygen atoms in total. The fourth-order valence-corrected chi connectivity index (χ4v) is 2.01. The van der Waals surface area contributed by atoms with Gasteiger partial charge in [0.25, 0.3) is 0 Å². The number of methoxy groups -OCH3 is 1. The highest BCUT2D eigenvalue weighted by Gasteiger charge is 2.38. The Morgan fingerprint density at radius 1 is 1.47 bits per heavy atom. The maximum atomic E-state index is 11.9. The topological polar surface area (TPSA) is 67.4 Å². The van der Waals surface area contributed by atoms with Gasteiger partial charge in [-0.3, -0.25) is 9.59 Å². The average molecular weight is 265 g/mol. The van der Waals surface area contributed by atoms with Crippen LogP contribution >= 0.6 is 12.4 Å². The third-order valence-electron chi connectivity index (χ3n) is 3.12. The molecule has 1 saturated heterocycles. The summed E-state index contributed by atoms with van der Waals surface area (Å²) in [6, 6.07) is 0. The largest absolute Gasteiger partial charge is 0.469 e. The molecule has 1 fully saturated rings. The lowest BCUT2D eigenvalue weighted by molar-refractivity contribution is -0.140. The van der Waals surface area contributed by atoms with E-state index in [0.29, 0.717) is 6.54 Å². The molecule has 17 heavy (non-hydrogen) atoms. The van der Waals surface area contributed by atoms with Crippen LogP contribution in [0, 0.1) is 0 Å². The minimum atomic E-state index is -0.421. The van der Waals surface area contributed by atoms with Crippen LogP contribution in [0.4, 0.5) is 0 Å². The average Bonchev–Trinajstić information content (AvgIpc) is 2.78. The number of ether oxygens (including phenoxy) is 1. The summed E-state index contributed by atoms with van der Waals surface area (Å²) in [5.74, 6) is -0.304. The molecule has 0 aromatic rings. The second-order valence-corrected chi connectivity index (χ2v) is 4.05. The highest BCUT2D eigenvalue weighted by atomic mass is 35.5. The van der Waals surface area contributed by atoms with E-state index in [2.05, 4.69) is 15.4 Å². The van der Waals surface area contributed by atoms with E-state index in [4.69, 9.17) is 0 Å². The number of rotatable bonds is 5. The Morgan fingerprint density at radius 2 is 2.18 bits per heavy atom. The number of carbonyl (C=O) groups excluding carboxylic acids is 2. The Bertz CT molecular complexity index is 265. The van der Waals surface area contributed by atoms with Crippen LogP contribution in [-0.4, -0.2) is 37.6 Å². The molecule has 6 heteroatoms. The minimum absolute atomic E-state index is 0. The van der Waals surface area contributed by atoms with Crippen molar-refractivity contribution in [3.63, 3.8) is 0 Å². The molecule has 1 heterocycles. The van der Waals surface area contributed by atoms with E-state index in [-0.39, 0.29) is 30.7 Å². The first-order valence-corrected chi connectivity index (χ1v) is 5.75. The number of esters is 1. The summed E-state index contributed by atoms with van der Waals surface area (Å²) in [7, 11) is 1.34. The van der Waals surface area contributed by atoms with Gasteiger partial charge in [0.15, 0.2) is 0 Å². The molecule has 0 radical (unpaired) electrons. The maximum Gasteiger partial charge on any atom is 0.307 e. The van der Waals surface area contributed by atoms with Crippen molar-refractivity contribution in [3.05, 3.63) is 0 Å². The predicted octanol–water partition coefficient (Wildman–Crippen LogP) is 0.620. The van der Waals surface area contributed by atoms with Crippen LogP contribution in [0.25, 0.3) is 0 Å². The number of halogens is 1. The van der Waals surface area contributed by atoms with Crippen LogP contribution in [0.3, 0.4) is 0 Å². The van der Waals surface area contributed by atoms with Crippen molar-refractivity contribution in [2.45, 2.75) is 38.1 Å². The Hall–Kier alpha value is -0.810. The van der Waals surface area contributed by atoms with Crippen LogP contribution in [0.5, 0.6) is 0 Å². The monoisotopic (exact) mass is 264 g/mol. The Labute approximate surface area is 108 Å². The van der Waals surface area contributed by atoms with Gasteiger partial charge in [0, 0.05) is 6.54 Å². The van der Waals surface area contributed by atoms with E-state index in [9.17, 15) is 9.59 Å². The van der Waals surface area contributed by atoms with Crippen molar-refractivity contribution in [1.82, 2.24) is 10.6 Å². The van der Waals surface area contributed by atoms with Crippen LogP contribution in [0.2, 0.25) is 0 Å². The van der Waals surface area contributed by atoms with Gasteiger partial charge >= 0.3 is 5.97 Å². The van der Waals surface area contributed by atoms with E-state index < -0.39 is 5.54 Å². The molecule has 1 unspecified atom stereocenters. The SMILES string of the molecule is CCC1(C(=O)NCCC(=O)OC)CCCN1.Cl. The number of hydrogen-bond acceptors (Lipinski definition) is 4. The van der Waals surface area contributed by atoms with Gasteiger partial charge in [-0.25, -0.2) is 0 Å². The number of hydrogen-bond donors (Lipinski definition) is 2. The summed E-state index contributed by atoms with van der Waals surface area (Å²) in [5.41, 5.74) is -0.421. The molecular formula is C11H21ClN2O3. The van der Waals surface area contributed by atoms with Crippen molar-refractivity contribution in [1.29, 1.82) is 0 Å². The van der Waals surface area contributed by atoms with Gasteiger partial charge in [-0.05, 0) is 25.8 Å². The molecule has 1 amide bonds. The third-order valence-corrected chi connectivity index (χ3v) is 3.12. The minimum Gasteiger partial charge on any atom is -0.469 e. The zero-order chi connectivity index (χ0) is 12.0. The second kappa shape index (κ2) is 7.50. The normalized spacial score (nSPS) is 22.7. The zero-order valence-corrected chi connectivity index (χ0v) is 11.2. The molecule has 1 aliphatic heterocycles. The van der Waals surface area contributed by atoms with Crippen LogP contribution in [0.1, 0.15) is 32.6 Å². The van der Waals surface area contributed by atoms with E-state index in [0.717, 1.165) is 25.8 Å². The lowest BCUT2D eigenvalue weighted by atomic mass is 9.93. The van der Waals surface area contributed by atoms with Crippen LogP contribution in [0.15, 0.2) is 0 Å². The van der Waals surface area contributed by atoms with Crippen molar-refractivity contribution in [2.24, 2.45) is 0 Å². The lowest BCUT2D eigenvalue weighted by Crippen LogP contribution is -2.53. The molecule has 1 aliphatic rings. The van der Waals surface area contributed by atoms with Gasteiger partial charge in [0.1, 0.15) is 0 Å². The molecule has 1 atom stereocenters. The molecule has 0 aliphatic carbocycles. The lowest BCUT2D eigenvalue weighted by Gasteiger charge is -2.26. The first-order chi connectivity index (χ1) is 7.64. The predicted molar refractivity (Wildman–Crippen MR) is 67.1 cm³/mol. The van der Waals surface area contributed by atoms with Crippen molar-refractivity contribution >= 4 is 24.3 Å². The first kappa shape index (κ1) is 16.2. The number of amides is 1. The third kappa shape index (κ3) is 4.16. The van der Waals surface area contributed by atoms with Gasteiger partial charge < -0.3 is 15.4 Å². The molecule has 0 saturated carbocycles. The van der Waals surface area contributed by atoms with Crippen molar-refractivity contribution < 1.29 is 14.3 Å². The Balaban J connectivity index is 0.00000256. The van der Waals surface area contributed by atoms with Gasteiger partial charge in [-0.2, -0.15) is 0 Å². The fourth-order valence-electron chi connectivity index (χ4n) is 2.01. The fraction of sp³-hybridized carbons (Fsp3) is 0.818. The zero-order valence-electron chi connectivity index (χ0n) is 10.4. The summed E-state index contributed by atoms with van der Waals surface area (Å²) in [6.07, 6.45) is 2.89. The Morgan fingerprint density at radius 3 is 2.65 bits per heavy atom. The van der Waals surface area contributed by atoms with Gasteiger partial charge in [-0.15, -0.1) is 12.4 Å². The molecule has 0 spiro atoms. The highest BCUT2D eigenvalue weighted by Crippen LogP contribution is 2.22. The van der Waals surface area contributed by atoms with Crippen molar-refractivity contribution in [2.75, 3.05) is 20.2 Å². The summed E-state index contributed by atoms with van der Waals surface area (Å²) in [5, 5.41) is 6.02. The molecular weight excluding hydrogens is 244 g/mol. The molecule has 0 aromatic carbocycles. The first-order valence-electron chi connectivity index (χ1n) is 5.75. The summed E-state index contributed by atoms with van der Waals surface area (Å²) in [6.45, 7) is 3.23. The maximum absolute atomic E-state index is 11.9. The summed E-state index contributed by atoms with van der Waals surface area (Å²) < 4.78 is 4.50. The molecule has 2 N–H and O–H groups in total. The highest BCUT2D eigenvalue weighted by molar-refractivity contribution is 5.87. The standard InChI is InChI=1S/C11H20N2O3.ClH/c1-3-11(6-4-7-13-11)10(15)12-8-5-9(14)16-2;/h13H,3-8H2,1-2H3,(H,12,15);1H. The van der Waals surface area contributed by atoms with Crippen LogP contribution in [-0.2, 0) is 14.3 Å². The van der Waals surface area contributed by atoms with E-state index in [1.807, 2.05) is 6.92 Å². The molecule has 0 bridgehead atoms. The van der Waals surface area contributed by atoms with E-state index in [1.165, 1.54) is 7.11 Å². The van der Waals surface area contributed by atoms with Gasteiger partial charge in [0.2, 0.25) is 5.91 Å². The number of carbonyl (C=O) groups is 2.